The molecule has 3 rings (SSSR count). The lowest BCUT2D eigenvalue weighted by atomic mass is 10.1. The SMILES string of the molecule is CCCn1c(SCCCC(=O)c2ccc(F)cc2)nc2ccccc2c1=O. The highest BCUT2D eigenvalue weighted by Gasteiger charge is 2.11. The first-order valence-electron chi connectivity index (χ1n) is 9.01. The van der Waals surface area contributed by atoms with E-state index < -0.39 is 0 Å². The van der Waals surface area contributed by atoms with Crippen LogP contribution in [0.1, 0.15) is 36.5 Å². The van der Waals surface area contributed by atoms with Gasteiger partial charge in [-0.15, -0.1) is 0 Å². The molecule has 0 bridgehead atoms. The van der Waals surface area contributed by atoms with Gasteiger partial charge in [0.2, 0.25) is 0 Å². The second kappa shape index (κ2) is 8.95. The summed E-state index contributed by atoms with van der Waals surface area (Å²) in [5, 5.41) is 1.32. The molecular weight excluding hydrogens is 363 g/mol. The highest BCUT2D eigenvalue weighted by Crippen LogP contribution is 2.20. The van der Waals surface area contributed by atoms with Crippen LogP contribution in [0.4, 0.5) is 4.39 Å². The Bertz CT molecular complexity index is 999. The average Bonchev–Trinajstić information content (AvgIpc) is 2.68. The van der Waals surface area contributed by atoms with Crippen molar-refractivity contribution in [1.29, 1.82) is 0 Å². The zero-order valence-electron chi connectivity index (χ0n) is 15.2. The highest BCUT2D eigenvalue weighted by atomic mass is 32.2. The van der Waals surface area contributed by atoms with E-state index in [0.717, 1.165) is 6.42 Å². The molecule has 0 radical (unpaired) electrons. The number of halogens is 1. The van der Waals surface area contributed by atoms with E-state index in [2.05, 4.69) is 4.98 Å². The van der Waals surface area contributed by atoms with Gasteiger partial charge >= 0.3 is 0 Å². The molecule has 1 heterocycles. The fraction of sp³-hybridized carbons (Fsp3) is 0.286. The first-order valence-corrected chi connectivity index (χ1v) is 10.00. The molecular formula is C21H21FN2O2S. The lowest BCUT2D eigenvalue weighted by Crippen LogP contribution is -2.23. The predicted molar refractivity (Wildman–Crippen MR) is 107 cm³/mol. The zero-order valence-corrected chi connectivity index (χ0v) is 16.0. The molecule has 4 nitrogen and oxygen atoms in total. The maximum absolute atomic E-state index is 12.9. The Hall–Kier alpha value is -2.47. The summed E-state index contributed by atoms with van der Waals surface area (Å²) in [5.74, 6) is 0.327. The van der Waals surface area contributed by atoms with E-state index in [9.17, 15) is 14.0 Å². The number of benzene rings is 2. The van der Waals surface area contributed by atoms with Crippen LogP contribution >= 0.6 is 11.8 Å². The van der Waals surface area contributed by atoms with Crippen molar-refractivity contribution in [2.24, 2.45) is 0 Å². The van der Waals surface area contributed by atoms with E-state index in [1.807, 2.05) is 25.1 Å². The van der Waals surface area contributed by atoms with Crippen molar-refractivity contribution in [3.8, 4) is 0 Å². The summed E-state index contributed by atoms with van der Waals surface area (Å²) in [4.78, 5) is 29.5. The number of nitrogens with zero attached hydrogens (tertiary/aromatic N) is 2. The molecule has 1 aromatic heterocycles. The Morgan fingerprint density at radius 1 is 1.15 bits per heavy atom. The van der Waals surface area contributed by atoms with Gasteiger partial charge in [0.05, 0.1) is 10.9 Å². The molecule has 0 aliphatic heterocycles. The minimum absolute atomic E-state index is 0.00646. The fourth-order valence-corrected chi connectivity index (χ4v) is 3.82. The van der Waals surface area contributed by atoms with Gasteiger partial charge in [0.25, 0.3) is 5.56 Å². The highest BCUT2D eigenvalue weighted by molar-refractivity contribution is 7.99. The molecule has 6 heteroatoms. The van der Waals surface area contributed by atoms with Crippen LogP contribution in [0.3, 0.4) is 0 Å². The van der Waals surface area contributed by atoms with Crippen molar-refractivity contribution in [2.75, 3.05) is 5.75 Å². The minimum atomic E-state index is -0.349. The van der Waals surface area contributed by atoms with Crippen LogP contribution in [0.25, 0.3) is 10.9 Å². The largest absolute Gasteiger partial charge is 0.294 e. The Morgan fingerprint density at radius 2 is 1.89 bits per heavy atom. The molecule has 3 aromatic rings. The van der Waals surface area contributed by atoms with Crippen LogP contribution < -0.4 is 5.56 Å². The van der Waals surface area contributed by atoms with Gasteiger partial charge in [-0.2, -0.15) is 0 Å². The average molecular weight is 384 g/mol. The summed E-state index contributed by atoms with van der Waals surface area (Å²) < 4.78 is 14.7. The second-order valence-corrected chi connectivity index (χ2v) is 7.31. The monoisotopic (exact) mass is 384 g/mol. The van der Waals surface area contributed by atoms with E-state index in [4.69, 9.17) is 0 Å². The number of aromatic nitrogens is 2. The van der Waals surface area contributed by atoms with Crippen molar-refractivity contribution in [1.82, 2.24) is 9.55 Å². The Kier molecular flexibility index (Phi) is 6.40. The zero-order chi connectivity index (χ0) is 19.2. The van der Waals surface area contributed by atoms with Crippen LogP contribution in [0.5, 0.6) is 0 Å². The van der Waals surface area contributed by atoms with Gasteiger partial charge in [0.1, 0.15) is 5.82 Å². The predicted octanol–water partition coefficient (Wildman–Crippen LogP) is 4.70. The van der Waals surface area contributed by atoms with Crippen molar-refractivity contribution >= 4 is 28.4 Å². The molecule has 0 aliphatic rings. The molecule has 0 atom stereocenters. The molecule has 2 aromatic carbocycles. The van der Waals surface area contributed by atoms with E-state index in [-0.39, 0.29) is 17.2 Å². The Labute approximate surface area is 161 Å². The number of hydrogen-bond donors (Lipinski definition) is 0. The maximum Gasteiger partial charge on any atom is 0.262 e. The third-order valence-electron chi connectivity index (χ3n) is 4.22. The van der Waals surface area contributed by atoms with Crippen LogP contribution in [0.15, 0.2) is 58.5 Å². The van der Waals surface area contributed by atoms with E-state index >= 15 is 0 Å². The Balaban J connectivity index is 1.67. The maximum atomic E-state index is 12.9. The van der Waals surface area contributed by atoms with Gasteiger partial charge < -0.3 is 0 Å². The first kappa shape index (κ1) is 19.3. The summed E-state index contributed by atoms with van der Waals surface area (Å²) in [6, 6.07) is 13.0. The van der Waals surface area contributed by atoms with E-state index in [1.165, 1.54) is 36.0 Å². The Morgan fingerprint density at radius 3 is 2.63 bits per heavy atom. The summed E-state index contributed by atoms with van der Waals surface area (Å²) >= 11 is 1.50. The summed E-state index contributed by atoms with van der Waals surface area (Å²) in [7, 11) is 0. The molecule has 140 valence electrons. The molecule has 0 saturated heterocycles. The number of rotatable bonds is 8. The molecule has 0 aliphatic carbocycles. The lowest BCUT2D eigenvalue weighted by Gasteiger charge is -2.12. The minimum Gasteiger partial charge on any atom is -0.294 e. The molecule has 0 N–H and O–H groups in total. The van der Waals surface area contributed by atoms with E-state index in [1.54, 1.807) is 10.6 Å². The van der Waals surface area contributed by atoms with E-state index in [0.29, 0.717) is 46.8 Å². The number of hydrogen-bond acceptors (Lipinski definition) is 4. The van der Waals surface area contributed by atoms with Gasteiger partial charge in [-0.25, -0.2) is 9.37 Å². The first-order chi connectivity index (χ1) is 13.1. The number of carbonyl (C=O) groups excluding carboxylic acids is 1. The van der Waals surface area contributed by atoms with Gasteiger partial charge in [-0.05, 0) is 49.2 Å². The quantitative estimate of drug-likeness (QED) is 0.244. The third-order valence-corrected chi connectivity index (χ3v) is 5.28. The number of ketones is 1. The normalized spacial score (nSPS) is 11.0. The number of Topliss-reactive ketones (excluding diaryl/α,β-unsaturated/α-hetero) is 1. The van der Waals surface area contributed by atoms with Crippen LogP contribution in [0.2, 0.25) is 0 Å². The summed E-state index contributed by atoms with van der Waals surface area (Å²) in [5.41, 5.74) is 1.19. The molecule has 0 unspecified atom stereocenters. The van der Waals surface area contributed by atoms with Crippen LogP contribution in [-0.4, -0.2) is 21.1 Å². The fourth-order valence-electron chi connectivity index (χ4n) is 2.85. The van der Waals surface area contributed by atoms with Gasteiger partial charge in [-0.1, -0.05) is 30.8 Å². The van der Waals surface area contributed by atoms with Gasteiger partial charge in [0, 0.05) is 24.3 Å². The van der Waals surface area contributed by atoms with Crippen LogP contribution in [0, 0.1) is 5.82 Å². The topological polar surface area (TPSA) is 52.0 Å². The van der Waals surface area contributed by atoms with Crippen molar-refractivity contribution in [3.63, 3.8) is 0 Å². The number of thioether (sulfide) groups is 1. The molecule has 0 spiro atoms. The molecule has 0 fully saturated rings. The smallest absolute Gasteiger partial charge is 0.262 e. The number of fused-ring (bicyclic) bond motifs is 1. The van der Waals surface area contributed by atoms with Gasteiger partial charge in [-0.3, -0.25) is 14.2 Å². The molecule has 27 heavy (non-hydrogen) atoms. The molecule has 0 saturated carbocycles. The number of carbonyl (C=O) groups is 1. The molecule has 0 amide bonds. The van der Waals surface area contributed by atoms with Gasteiger partial charge in [0.15, 0.2) is 10.9 Å². The van der Waals surface area contributed by atoms with Crippen molar-refractivity contribution in [3.05, 3.63) is 70.3 Å². The van der Waals surface area contributed by atoms with Crippen LogP contribution in [-0.2, 0) is 6.54 Å². The summed E-state index contributed by atoms with van der Waals surface area (Å²) in [6.07, 6.45) is 1.89. The van der Waals surface area contributed by atoms with Crippen molar-refractivity contribution in [2.45, 2.75) is 37.9 Å². The lowest BCUT2D eigenvalue weighted by molar-refractivity contribution is 0.0982. The standard InChI is InChI=1S/C21H21FN2O2S/c1-2-13-24-20(26)17-6-3-4-7-18(17)23-21(24)27-14-5-8-19(25)15-9-11-16(22)12-10-15/h3-4,6-7,9-12H,2,5,8,13-14H2,1H3. The number of para-hydroxylation sites is 1. The summed E-state index contributed by atoms with van der Waals surface area (Å²) in [6.45, 7) is 2.64. The third kappa shape index (κ3) is 4.63. The second-order valence-electron chi connectivity index (χ2n) is 6.25. The van der Waals surface area contributed by atoms with Crippen molar-refractivity contribution < 1.29 is 9.18 Å².